The van der Waals surface area contributed by atoms with Gasteiger partial charge in [-0.2, -0.15) is 0 Å². The Kier molecular flexibility index (Phi) is 32.4. The Morgan fingerprint density at radius 2 is 0.485 bits per heavy atom. The van der Waals surface area contributed by atoms with Crippen LogP contribution < -0.4 is 0 Å². The number of ether oxygens (including phenoxy) is 8. The summed E-state index contributed by atoms with van der Waals surface area (Å²) in [6, 6.07) is 0. The minimum atomic E-state index is -4.27. The van der Waals surface area contributed by atoms with Crippen LogP contribution in [0.1, 0.15) is 119 Å². The summed E-state index contributed by atoms with van der Waals surface area (Å²) in [7, 11) is 8.50. The third-order valence-electron chi connectivity index (χ3n) is 12.2. The van der Waals surface area contributed by atoms with Gasteiger partial charge in [-0.15, -0.1) is 0 Å². The predicted molar refractivity (Wildman–Crippen MR) is 263 cm³/mol. The molecule has 0 aromatic rings. The molecule has 0 spiro atoms. The third-order valence-corrected chi connectivity index (χ3v) is 43.3. The number of carbonyl (C=O) groups excluding carboxylic acids is 8. The molecule has 0 radical (unpaired) electrons. The fourth-order valence-electron chi connectivity index (χ4n) is 8.62. The van der Waals surface area contributed by atoms with Gasteiger partial charge in [0.1, 0.15) is 0 Å². The van der Waals surface area contributed by atoms with Crippen molar-refractivity contribution in [3.63, 3.8) is 0 Å². The van der Waals surface area contributed by atoms with E-state index in [1.54, 1.807) is 0 Å². The first-order valence-corrected chi connectivity index (χ1v) is 38.8. The summed E-state index contributed by atoms with van der Waals surface area (Å²) < 4.78 is 45.9. The molecule has 0 aliphatic heterocycles. The van der Waals surface area contributed by atoms with Crippen molar-refractivity contribution in [3.8, 4) is 0 Å². The van der Waals surface area contributed by atoms with Gasteiger partial charge in [-0.3, -0.25) is 0 Å². The van der Waals surface area contributed by atoms with Gasteiger partial charge in [-0.1, -0.05) is 0 Å². The molecule has 0 aliphatic carbocycles. The molecule has 0 saturated carbocycles. The zero-order valence-electron chi connectivity index (χ0n) is 43.4. The van der Waals surface area contributed by atoms with E-state index in [2.05, 4.69) is 0 Å². The Morgan fingerprint density at radius 3 is 0.662 bits per heavy atom. The van der Waals surface area contributed by atoms with Crippen LogP contribution in [0, 0.1) is 0 Å². The maximum atomic E-state index is 14.4. The first kappa shape index (κ1) is 64.1. The van der Waals surface area contributed by atoms with Gasteiger partial charge in [0.15, 0.2) is 0 Å². The second kappa shape index (κ2) is 34.4. The standard InChI is InChI=1S/C26H26O16.6C4H9.2Sn/c1-35-17(27)11-15(23(31)39-5)19(25(33)41-7)13(21(29)37-3)9-10-14(22(30)38-4)20(26(34)42-8)16(24(32)40-6)12-18(28)36-2;6*1-3-4-2;;/h9-10H,1-8H3;6*1,3-4H2,2H3;;/b10-9+,15-11?,16-12?,19-13-,20-14+;;;;;;;;. The van der Waals surface area contributed by atoms with E-state index >= 15 is 0 Å². The van der Waals surface area contributed by atoms with E-state index in [0.29, 0.717) is 65.1 Å². The minimum absolute atomic E-state index is 0.00751. The van der Waals surface area contributed by atoms with E-state index in [1.165, 1.54) is 14.2 Å². The molecule has 0 fully saturated rings. The van der Waals surface area contributed by atoms with Gasteiger partial charge in [-0.25, -0.2) is 0 Å². The van der Waals surface area contributed by atoms with Gasteiger partial charge in [0, 0.05) is 0 Å². The van der Waals surface area contributed by atoms with Crippen LogP contribution in [-0.4, -0.2) is 141 Å². The molecule has 0 N–H and O–H groups in total. The number of rotatable bonds is 32. The number of esters is 8. The molecule has 0 atom stereocenters. The molecule has 0 heterocycles. The summed E-state index contributed by atoms with van der Waals surface area (Å²) in [4.78, 5) is 115. The Hall–Kier alpha value is -3.94. The van der Waals surface area contributed by atoms with Gasteiger partial charge in [0.25, 0.3) is 0 Å². The van der Waals surface area contributed by atoms with Crippen molar-refractivity contribution in [2.45, 2.75) is 145 Å². The predicted octanol–water partition coefficient (Wildman–Crippen LogP) is 8.89. The van der Waals surface area contributed by atoms with Crippen LogP contribution in [0.2, 0.25) is 26.6 Å². The second-order valence-electron chi connectivity index (χ2n) is 16.5. The van der Waals surface area contributed by atoms with Crippen molar-refractivity contribution < 1.29 is 76.3 Å². The summed E-state index contributed by atoms with van der Waals surface area (Å²) in [6.45, 7) is 12.0. The molecule has 18 heteroatoms. The van der Waals surface area contributed by atoms with E-state index in [-0.39, 0.29) is 7.18 Å². The van der Waals surface area contributed by atoms with Crippen LogP contribution in [0.15, 0.2) is 52.8 Å². The molecule has 0 bridgehead atoms. The molecule has 384 valence electrons. The van der Waals surface area contributed by atoms with E-state index in [4.69, 9.17) is 37.9 Å². The Bertz CT molecular complexity index is 1730. The molecule has 0 amide bonds. The maximum absolute atomic E-state index is 14.4. The molecule has 0 rings (SSSR count). The number of hydrogen-bond acceptors (Lipinski definition) is 16. The van der Waals surface area contributed by atoms with Crippen LogP contribution >= 0.6 is 0 Å². The number of carbonyl (C=O) groups is 8. The summed E-state index contributed by atoms with van der Waals surface area (Å²) >= 11 is -8.54. The normalized spacial score (nSPS) is 13.2. The van der Waals surface area contributed by atoms with Gasteiger partial charge < -0.3 is 0 Å². The average Bonchev–Trinajstić information content (AvgIpc) is 3.36. The first-order chi connectivity index (χ1) is 32.5. The molecule has 0 aromatic heterocycles. The SMILES string of the molecule is CCC[CH2][Sn]([CH2]CCC)([CH2]CCC)\[C](C(=O)OC)=C(C(=O)OC)/C(C(=O)OC)=C(\C=C\C(C(=O)OC)=C(C(=O)OC)\C(C(=O)OC)=[C](\C(=O)OC)[Sn]([CH2]CCC)([CH2]CCC)[CH2]CCC)C(=O)OC. The van der Waals surface area contributed by atoms with Crippen LogP contribution in [0.3, 0.4) is 0 Å². The summed E-state index contributed by atoms with van der Waals surface area (Å²) in [5, 5.41) is 0. The summed E-state index contributed by atoms with van der Waals surface area (Å²) in [6.07, 6.45) is 10.6. The molecule has 0 aromatic carbocycles. The van der Waals surface area contributed by atoms with Gasteiger partial charge in [0.2, 0.25) is 0 Å². The van der Waals surface area contributed by atoms with Gasteiger partial charge >= 0.3 is 416 Å². The van der Waals surface area contributed by atoms with Crippen molar-refractivity contribution in [2.75, 3.05) is 56.9 Å². The van der Waals surface area contributed by atoms with Crippen LogP contribution in [-0.2, 0) is 76.3 Å². The molecular weight excluding hydrogens is 1090 g/mol. The van der Waals surface area contributed by atoms with Crippen molar-refractivity contribution in [1.82, 2.24) is 0 Å². The molecule has 16 nitrogen and oxygen atoms in total. The van der Waals surface area contributed by atoms with Crippen molar-refractivity contribution in [1.29, 1.82) is 0 Å². The van der Waals surface area contributed by atoms with Crippen LogP contribution in [0.4, 0.5) is 0 Å². The van der Waals surface area contributed by atoms with E-state index in [1.807, 2.05) is 41.5 Å². The summed E-state index contributed by atoms with van der Waals surface area (Å²) in [5.41, 5.74) is -3.95. The van der Waals surface area contributed by atoms with Crippen molar-refractivity contribution in [2.24, 2.45) is 0 Å². The van der Waals surface area contributed by atoms with E-state index < -0.39 is 118 Å². The number of hydrogen-bond donors (Lipinski definition) is 0. The fourth-order valence-corrected chi connectivity index (χ4v) is 42.2. The van der Waals surface area contributed by atoms with Crippen LogP contribution in [0.5, 0.6) is 0 Å². The Balaban J connectivity index is 10.3. The monoisotopic (exact) mass is 1180 g/mol. The third kappa shape index (κ3) is 17.5. The van der Waals surface area contributed by atoms with Crippen LogP contribution in [0.25, 0.3) is 0 Å². The van der Waals surface area contributed by atoms with E-state index in [0.717, 1.165) is 93.3 Å². The topological polar surface area (TPSA) is 210 Å². The summed E-state index contributed by atoms with van der Waals surface area (Å²) in [5.74, 6) is -8.98. The zero-order chi connectivity index (χ0) is 52.0. The molecule has 0 saturated heterocycles. The molecule has 68 heavy (non-hydrogen) atoms. The molecule has 0 unspecified atom stereocenters. The second-order valence-corrected chi connectivity index (χ2v) is 42.6. The molecule has 0 aliphatic rings. The zero-order valence-corrected chi connectivity index (χ0v) is 49.1. The Morgan fingerprint density at radius 1 is 0.294 bits per heavy atom. The van der Waals surface area contributed by atoms with Gasteiger partial charge in [-0.05, 0) is 0 Å². The Labute approximate surface area is 413 Å². The number of methoxy groups -OCH3 is 8. The molecular formula is C50H80O16Sn2. The first-order valence-electron chi connectivity index (χ1n) is 23.8. The average molecular weight is 1170 g/mol. The number of unbranched alkanes of at least 4 members (excludes halogenated alkanes) is 6. The van der Waals surface area contributed by atoms with Crippen molar-refractivity contribution in [3.05, 3.63) is 52.8 Å². The quantitative estimate of drug-likeness (QED) is 0.0202. The van der Waals surface area contributed by atoms with E-state index in [9.17, 15) is 38.4 Å². The van der Waals surface area contributed by atoms with Gasteiger partial charge in [0.05, 0.1) is 0 Å². The fraction of sp³-hybridized carbons (Fsp3) is 0.640. The van der Waals surface area contributed by atoms with Crippen molar-refractivity contribution >= 4 is 84.5 Å².